The molecule has 1 aromatic heterocycles. The lowest BCUT2D eigenvalue weighted by Gasteiger charge is -2.09. The van der Waals surface area contributed by atoms with E-state index in [9.17, 15) is 5.26 Å². The Bertz CT molecular complexity index is 998. The summed E-state index contributed by atoms with van der Waals surface area (Å²) in [7, 11) is 0. The highest BCUT2D eigenvalue weighted by atomic mass is 79.9. The number of hydrogen-bond acceptors (Lipinski definition) is 3. The molecule has 0 aliphatic carbocycles. The van der Waals surface area contributed by atoms with E-state index >= 15 is 0 Å². The van der Waals surface area contributed by atoms with E-state index in [1.165, 1.54) is 0 Å². The first kappa shape index (κ1) is 17.3. The summed E-state index contributed by atoms with van der Waals surface area (Å²) in [5, 5.41) is 9.53. The van der Waals surface area contributed by atoms with Crippen LogP contribution in [0.5, 0.6) is 5.75 Å². The summed E-state index contributed by atoms with van der Waals surface area (Å²) in [4.78, 5) is 7.63. The zero-order valence-electron chi connectivity index (χ0n) is 12.9. The van der Waals surface area contributed by atoms with Crippen molar-refractivity contribution in [1.29, 1.82) is 5.26 Å². The van der Waals surface area contributed by atoms with Crippen LogP contribution in [0.3, 0.4) is 0 Å². The number of nitrogens with zero attached hydrogens (tertiary/aromatic N) is 2. The molecule has 25 heavy (non-hydrogen) atoms. The lowest BCUT2D eigenvalue weighted by atomic mass is 10.1. The molecule has 1 N–H and O–H groups in total. The normalized spacial score (nSPS) is 11.1. The third-order valence-corrected chi connectivity index (χ3v) is 4.57. The first-order chi connectivity index (χ1) is 12.1. The van der Waals surface area contributed by atoms with Crippen molar-refractivity contribution in [1.82, 2.24) is 9.97 Å². The van der Waals surface area contributed by atoms with E-state index in [0.717, 1.165) is 25.5 Å². The maximum atomic E-state index is 9.53. The molecule has 0 unspecified atom stereocenters. The molecule has 0 aliphatic rings. The van der Waals surface area contributed by atoms with Gasteiger partial charge in [-0.25, -0.2) is 4.98 Å². The number of para-hydroxylation sites is 2. The predicted molar refractivity (Wildman–Crippen MR) is 106 cm³/mol. The Balaban J connectivity index is 2.00. The van der Waals surface area contributed by atoms with E-state index in [1.807, 2.05) is 36.4 Å². The van der Waals surface area contributed by atoms with Crippen LogP contribution in [-0.2, 0) is 0 Å². The number of halogens is 2. The van der Waals surface area contributed by atoms with Crippen molar-refractivity contribution < 1.29 is 4.74 Å². The Morgan fingerprint density at radius 3 is 2.64 bits per heavy atom. The third-order valence-electron chi connectivity index (χ3n) is 3.40. The number of hydrogen-bond donors (Lipinski definition) is 1. The van der Waals surface area contributed by atoms with Gasteiger partial charge in [0.2, 0.25) is 0 Å². The topological polar surface area (TPSA) is 61.7 Å². The number of imidazole rings is 1. The van der Waals surface area contributed by atoms with E-state index in [2.05, 4.69) is 53.8 Å². The van der Waals surface area contributed by atoms with Gasteiger partial charge < -0.3 is 9.72 Å². The Hall–Kier alpha value is -2.54. The van der Waals surface area contributed by atoms with Gasteiger partial charge in [0, 0.05) is 0 Å². The first-order valence-electron chi connectivity index (χ1n) is 7.24. The minimum absolute atomic E-state index is 0.175. The number of fused-ring (bicyclic) bond motifs is 1. The number of benzene rings is 2. The van der Waals surface area contributed by atoms with E-state index in [1.54, 1.807) is 6.08 Å². The summed E-state index contributed by atoms with van der Waals surface area (Å²) < 4.78 is 6.98. The number of allylic oxidation sites excluding steroid dienone is 1. The molecule has 0 saturated carbocycles. The van der Waals surface area contributed by atoms with E-state index in [0.29, 0.717) is 17.1 Å². The van der Waals surface area contributed by atoms with Crippen LogP contribution < -0.4 is 4.74 Å². The molecule has 122 valence electrons. The summed E-state index contributed by atoms with van der Waals surface area (Å²) in [5.41, 5.74) is 2.97. The number of terminal acetylenes is 1. The highest BCUT2D eigenvalue weighted by molar-refractivity contribution is 9.11. The second-order valence-electron chi connectivity index (χ2n) is 5.08. The van der Waals surface area contributed by atoms with Crippen molar-refractivity contribution in [3.05, 3.63) is 56.7 Å². The molecule has 2 aromatic carbocycles. The van der Waals surface area contributed by atoms with Gasteiger partial charge in [-0.05, 0) is 67.8 Å². The van der Waals surface area contributed by atoms with Crippen molar-refractivity contribution in [2.45, 2.75) is 0 Å². The van der Waals surface area contributed by atoms with Crippen molar-refractivity contribution in [2.24, 2.45) is 0 Å². The lowest BCUT2D eigenvalue weighted by Crippen LogP contribution is -1.96. The van der Waals surface area contributed by atoms with E-state index in [-0.39, 0.29) is 6.61 Å². The van der Waals surface area contributed by atoms with Crippen molar-refractivity contribution >= 4 is 54.5 Å². The van der Waals surface area contributed by atoms with Gasteiger partial charge in [-0.2, -0.15) is 5.26 Å². The van der Waals surface area contributed by atoms with Crippen LogP contribution in [0.25, 0.3) is 22.7 Å². The minimum atomic E-state index is 0.175. The van der Waals surface area contributed by atoms with Crippen LogP contribution in [0.1, 0.15) is 11.4 Å². The highest BCUT2D eigenvalue weighted by Gasteiger charge is 2.11. The van der Waals surface area contributed by atoms with Gasteiger partial charge >= 0.3 is 0 Å². The fourth-order valence-electron chi connectivity index (χ4n) is 2.32. The SMILES string of the molecule is C#CCOc1c(Br)cc(/C=C(\C#N)c2nc3ccccc3[nH]2)cc1Br. The quantitative estimate of drug-likeness (QED) is 0.435. The number of aromatic amines is 1. The number of H-pyrrole nitrogens is 1. The molecule has 4 nitrogen and oxygen atoms in total. The standard InChI is InChI=1S/C19H11Br2N3O/c1-2-7-25-18-14(20)9-12(10-15(18)21)8-13(11-22)19-23-16-5-3-4-6-17(16)24-19/h1,3-6,8-10H,7H2,(H,23,24)/b13-8+. The second-order valence-corrected chi connectivity index (χ2v) is 6.79. The highest BCUT2D eigenvalue weighted by Crippen LogP contribution is 2.35. The summed E-state index contributed by atoms with van der Waals surface area (Å²) in [5.74, 6) is 3.58. The molecule has 3 rings (SSSR count). The Morgan fingerprint density at radius 1 is 1.28 bits per heavy atom. The van der Waals surface area contributed by atoms with Crippen LogP contribution in [-0.4, -0.2) is 16.6 Å². The zero-order chi connectivity index (χ0) is 17.8. The molecule has 0 atom stereocenters. The Kier molecular flexibility index (Phi) is 5.23. The van der Waals surface area contributed by atoms with E-state index < -0.39 is 0 Å². The molecule has 0 aliphatic heterocycles. The molecular weight excluding hydrogens is 446 g/mol. The zero-order valence-corrected chi connectivity index (χ0v) is 16.1. The maximum absolute atomic E-state index is 9.53. The largest absolute Gasteiger partial charge is 0.479 e. The molecule has 0 saturated heterocycles. The maximum Gasteiger partial charge on any atom is 0.149 e. The minimum Gasteiger partial charge on any atom is -0.479 e. The molecule has 0 amide bonds. The lowest BCUT2D eigenvalue weighted by molar-refractivity contribution is 0.365. The van der Waals surface area contributed by atoms with Crippen LogP contribution in [0, 0.1) is 23.7 Å². The number of aromatic nitrogens is 2. The second kappa shape index (κ2) is 7.57. The predicted octanol–water partition coefficient (Wildman–Crippen LogP) is 5.16. The van der Waals surface area contributed by atoms with Gasteiger partial charge in [0.1, 0.15) is 24.3 Å². The van der Waals surface area contributed by atoms with Gasteiger partial charge in [0.15, 0.2) is 0 Å². The van der Waals surface area contributed by atoms with Gasteiger partial charge in [0.05, 0.1) is 25.6 Å². The average Bonchev–Trinajstić information content (AvgIpc) is 3.03. The smallest absolute Gasteiger partial charge is 0.149 e. The van der Waals surface area contributed by atoms with Crippen LogP contribution in [0.2, 0.25) is 0 Å². The van der Waals surface area contributed by atoms with Gasteiger partial charge in [-0.3, -0.25) is 0 Å². The summed E-state index contributed by atoms with van der Waals surface area (Å²) in [6, 6.07) is 13.6. The summed E-state index contributed by atoms with van der Waals surface area (Å²) in [6.45, 7) is 0.175. The van der Waals surface area contributed by atoms with Crippen molar-refractivity contribution in [3.8, 4) is 24.2 Å². The molecule has 0 fully saturated rings. The fraction of sp³-hybridized carbons (Fsp3) is 0.0526. The number of nitriles is 1. The Labute approximate surface area is 161 Å². The molecule has 3 aromatic rings. The molecule has 1 heterocycles. The van der Waals surface area contributed by atoms with Crippen molar-refractivity contribution in [2.75, 3.05) is 6.61 Å². The van der Waals surface area contributed by atoms with Crippen LogP contribution >= 0.6 is 31.9 Å². The van der Waals surface area contributed by atoms with Crippen molar-refractivity contribution in [3.63, 3.8) is 0 Å². The van der Waals surface area contributed by atoms with Gasteiger partial charge in [0.25, 0.3) is 0 Å². The summed E-state index contributed by atoms with van der Waals surface area (Å²) in [6.07, 6.45) is 6.99. The number of nitrogens with one attached hydrogen (secondary N) is 1. The number of rotatable bonds is 4. The molecule has 0 radical (unpaired) electrons. The Morgan fingerprint density at radius 2 is 2.00 bits per heavy atom. The fourth-order valence-corrected chi connectivity index (χ4v) is 3.77. The van der Waals surface area contributed by atoms with Crippen LogP contribution in [0.15, 0.2) is 45.3 Å². The average molecular weight is 457 g/mol. The first-order valence-corrected chi connectivity index (χ1v) is 8.83. The monoisotopic (exact) mass is 455 g/mol. The molecule has 0 bridgehead atoms. The van der Waals surface area contributed by atoms with Crippen LogP contribution in [0.4, 0.5) is 0 Å². The molecular formula is C19H11Br2N3O. The van der Waals surface area contributed by atoms with Gasteiger partial charge in [-0.15, -0.1) is 6.42 Å². The third kappa shape index (κ3) is 3.76. The molecule has 6 heteroatoms. The molecule has 0 spiro atoms. The summed E-state index contributed by atoms with van der Waals surface area (Å²) >= 11 is 6.93. The number of ether oxygens (including phenoxy) is 1. The van der Waals surface area contributed by atoms with Gasteiger partial charge in [-0.1, -0.05) is 18.1 Å². The van der Waals surface area contributed by atoms with E-state index in [4.69, 9.17) is 11.2 Å².